The third kappa shape index (κ3) is 4.89. The van der Waals surface area contributed by atoms with E-state index in [1.54, 1.807) is 18.2 Å². The standard InChI is InChI=1S/C22H26N4O4/c1-13(2)11-17(21(28)26-22-24-15-7-5-6-8-16(15)25-22)23-20(27)14-9-10-18(29-3)19(12-14)30-4/h5-10,12-13,17H,11H2,1-4H3,(H,23,27)(H2,24,25,26,28). The van der Waals surface area contributed by atoms with Gasteiger partial charge >= 0.3 is 0 Å². The minimum atomic E-state index is -0.723. The molecule has 0 spiro atoms. The van der Waals surface area contributed by atoms with Gasteiger partial charge in [0.15, 0.2) is 11.5 Å². The first kappa shape index (κ1) is 21.2. The van der Waals surface area contributed by atoms with E-state index in [0.29, 0.717) is 29.4 Å². The first-order valence-corrected chi connectivity index (χ1v) is 9.69. The van der Waals surface area contributed by atoms with E-state index in [4.69, 9.17) is 9.47 Å². The number of imidazole rings is 1. The van der Waals surface area contributed by atoms with Crippen molar-refractivity contribution < 1.29 is 19.1 Å². The number of fused-ring (bicyclic) bond motifs is 1. The molecule has 0 radical (unpaired) electrons. The summed E-state index contributed by atoms with van der Waals surface area (Å²) in [7, 11) is 3.03. The van der Waals surface area contributed by atoms with Gasteiger partial charge in [-0.25, -0.2) is 4.98 Å². The van der Waals surface area contributed by atoms with Gasteiger partial charge in [0.05, 0.1) is 25.3 Å². The molecule has 0 aliphatic heterocycles. The number of rotatable bonds is 8. The van der Waals surface area contributed by atoms with Crippen LogP contribution in [-0.4, -0.2) is 42.0 Å². The minimum absolute atomic E-state index is 0.196. The van der Waals surface area contributed by atoms with Crippen molar-refractivity contribution >= 4 is 28.8 Å². The zero-order valence-corrected chi connectivity index (χ0v) is 17.5. The fourth-order valence-corrected chi connectivity index (χ4v) is 3.14. The van der Waals surface area contributed by atoms with Gasteiger partial charge in [-0.15, -0.1) is 0 Å². The third-order valence-corrected chi connectivity index (χ3v) is 4.61. The highest BCUT2D eigenvalue weighted by Crippen LogP contribution is 2.27. The van der Waals surface area contributed by atoms with E-state index in [0.717, 1.165) is 11.0 Å². The number of aromatic amines is 1. The summed E-state index contributed by atoms with van der Waals surface area (Å²) in [6.45, 7) is 3.98. The molecule has 1 heterocycles. The summed E-state index contributed by atoms with van der Waals surface area (Å²) in [4.78, 5) is 33.1. The molecule has 30 heavy (non-hydrogen) atoms. The van der Waals surface area contributed by atoms with Crippen molar-refractivity contribution in [1.29, 1.82) is 0 Å². The van der Waals surface area contributed by atoms with Crippen molar-refractivity contribution in [2.24, 2.45) is 5.92 Å². The van der Waals surface area contributed by atoms with Crippen LogP contribution in [-0.2, 0) is 4.79 Å². The molecule has 0 fully saturated rings. The highest BCUT2D eigenvalue weighted by molar-refractivity contribution is 6.01. The molecular weight excluding hydrogens is 384 g/mol. The summed E-state index contributed by atoms with van der Waals surface area (Å²) in [5.74, 6) is 0.795. The molecule has 3 rings (SSSR count). The van der Waals surface area contributed by atoms with Gasteiger partial charge in [0.1, 0.15) is 6.04 Å². The lowest BCUT2D eigenvalue weighted by Gasteiger charge is -2.20. The molecule has 0 aliphatic rings. The molecule has 0 aliphatic carbocycles. The van der Waals surface area contributed by atoms with Gasteiger partial charge < -0.3 is 19.8 Å². The molecule has 1 aromatic heterocycles. The van der Waals surface area contributed by atoms with E-state index in [-0.39, 0.29) is 17.7 Å². The van der Waals surface area contributed by atoms with Gasteiger partial charge in [-0.2, -0.15) is 0 Å². The van der Waals surface area contributed by atoms with Crippen LogP contribution in [0.15, 0.2) is 42.5 Å². The van der Waals surface area contributed by atoms with E-state index in [1.807, 2.05) is 38.1 Å². The number of hydrogen-bond acceptors (Lipinski definition) is 5. The lowest BCUT2D eigenvalue weighted by molar-refractivity contribution is -0.118. The Bertz CT molecular complexity index is 1010. The van der Waals surface area contributed by atoms with E-state index < -0.39 is 6.04 Å². The summed E-state index contributed by atoms with van der Waals surface area (Å²) in [5.41, 5.74) is 1.95. The van der Waals surface area contributed by atoms with Crippen molar-refractivity contribution in [2.45, 2.75) is 26.3 Å². The molecule has 0 saturated heterocycles. The molecule has 3 aromatic rings. The number of methoxy groups -OCH3 is 2. The molecule has 0 bridgehead atoms. The molecule has 3 N–H and O–H groups in total. The van der Waals surface area contributed by atoms with Gasteiger partial charge in [-0.1, -0.05) is 26.0 Å². The maximum absolute atomic E-state index is 12.9. The predicted octanol–water partition coefficient (Wildman–Crippen LogP) is 3.36. The Morgan fingerprint density at radius 2 is 1.80 bits per heavy atom. The van der Waals surface area contributed by atoms with Crippen LogP contribution in [0, 0.1) is 5.92 Å². The highest BCUT2D eigenvalue weighted by atomic mass is 16.5. The molecule has 2 aromatic carbocycles. The summed E-state index contributed by atoms with van der Waals surface area (Å²) in [6.07, 6.45) is 0.477. The lowest BCUT2D eigenvalue weighted by Crippen LogP contribution is -2.44. The molecule has 8 nitrogen and oxygen atoms in total. The van der Waals surface area contributed by atoms with Gasteiger partial charge in [-0.05, 0) is 42.7 Å². The summed E-state index contributed by atoms with van der Waals surface area (Å²) in [5, 5.41) is 5.59. The number of hydrogen-bond donors (Lipinski definition) is 3. The molecule has 1 unspecified atom stereocenters. The van der Waals surface area contributed by atoms with Crippen molar-refractivity contribution in [3.05, 3.63) is 48.0 Å². The van der Waals surface area contributed by atoms with Crippen LogP contribution in [0.5, 0.6) is 11.5 Å². The Hall–Kier alpha value is -3.55. The zero-order valence-electron chi connectivity index (χ0n) is 17.5. The number of aromatic nitrogens is 2. The second kappa shape index (κ2) is 9.30. The third-order valence-electron chi connectivity index (χ3n) is 4.61. The second-order valence-electron chi connectivity index (χ2n) is 7.32. The van der Waals surface area contributed by atoms with Crippen LogP contribution in [0.25, 0.3) is 11.0 Å². The molecule has 1 atom stereocenters. The smallest absolute Gasteiger partial charge is 0.252 e. The average molecular weight is 410 g/mol. The van der Waals surface area contributed by atoms with Crippen LogP contribution >= 0.6 is 0 Å². The van der Waals surface area contributed by atoms with Crippen LogP contribution in [0.2, 0.25) is 0 Å². The lowest BCUT2D eigenvalue weighted by atomic mass is 10.0. The first-order chi connectivity index (χ1) is 14.4. The van der Waals surface area contributed by atoms with E-state index in [2.05, 4.69) is 20.6 Å². The maximum atomic E-state index is 12.9. The quantitative estimate of drug-likeness (QED) is 0.528. The number of ether oxygens (including phenoxy) is 2. The SMILES string of the molecule is COc1ccc(C(=O)NC(CC(C)C)C(=O)Nc2nc3ccccc3[nH]2)cc1OC. The maximum Gasteiger partial charge on any atom is 0.252 e. The van der Waals surface area contributed by atoms with Crippen molar-refractivity contribution in [3.8, 4) is 11.5 Å². The zero-order chi connectivity index (χ0) is 21.7. The summed E-state index contributed by atoms with van der Waals surface area (Å²) in [6, 6.07) is 11.6. The predicted molar refractivity (Wildman–Crippen MR) is 115 cm³/mol. The minimum Gasteiger partial charge on any atom is -0.493 e. The monoisotopic (exact) mass is 410 g/mol. The van der Waals surface area contributed by atoms with Crippen molar-refractivity contribution in [3.63, 3.8) is 0 Å². The normalized spacial score (nSPS) is 11.9. The van der Waals surface area contributed by atoms with Gasteiger partial charge in [0.25, 0.3) is 5.91 Å². The molecular formula is C22H26N4O4. The number of carbonyl (C=O) groups excluding carboxylic acids is 2. The second-order valence-corrected chi connectivity index (χ2v) is 7.32. The largest absolute Gasteiger partial charge is 0.493 e. The first-order valence-electron chi connectivity index (χ1n) is 9.69. The Kier molecular flexibility index (Phi) is 6.56. The van der Waals surface area contributed by atoms with Gasteiger partial charge in [0, 0.05) is 5.56 Å². The van der Waals surface area contributed by atoms with Crippen molar-refractivity contribution in [2.75, 3.05) is 19.5 Å². The van der Waals surface area contributed by atoms with E-state index in [1.165, 1.54) is 14.2 Å². The Morgan fingerprint density at radius 1 is 1.07 bits per heavy atom. The summed E-state index contributed by atoms with van der Waals surface area (Å²) >= 11 is 0. The van der Waals surface area contributed by atoms with Gasteiger partial charge in [0.2, 0.25) is 11.9 Å². The summed E-state index contributed by atoms with van der Waals surface area (Å²) < 4.78 is 10.5. The van der Waals surface area contributed by atoms with E-state index >= 15 is 0 Å². The number of para-hydroxylation sites is 2. The van der Waals surface area contributed by atoms with Crippen LogP contribution < -0.4 is 20.1 Å². The number of carbonyl (C=O) groups is 2. The number of anilines is 1. The highest BCUT2D eigenvalue weighted by Gasteiger charge is 2.24. The van der Waals surface area contributed by atoms with E-state index in [9.17, 15) is 9.59 Å². The molecule has 158 valence electrons. The Labute approximate surface area is 175 Å². The number of benzene rings is 2. The van der Waals surface area contributed by atoms with Crippen LogP contribution in [0.4, 0.5) is 5.95 Å². The van der Waals surface area contributed by atoms with Crippen LogP contribution in [0.3, 0.4) is 0 Å². The number of amides is 2. The van der Waals surface area contributed by atoms with Gasteiger partial charge in [-0.3, -0.25) is 14.9 Å². The Morgan fingerprint density at radius 3 is 2.47 bits per heavy atom. The topological polar surface area (TPSA) is 105 Å². The number of nitrogens with zero attached hydrogens (tertiary/aromatic N) is 1. The number of H-pyrrole nitrogens is 1. The average Bonchev–Trinajstić information content (AvgIpc) is 3.14. The van der Waals surface area contributed by atoms with Crippen LogP contribution in [0.1, 0.15) is 30.6 Å². The van der Waals surface area contributed by atoms with Crippen molar-refractivity contribution in [1.82, 2.24) is 15.3 Å². The molecule has 0 saturated carbocycles. The Balaban J connectivity index is 1.76. The number of nitrogens with one attached hydrogen (secondary N) is 3. The molecule has 2 amide bonds. The molecule has 8 heteroatoms. The fourth-order valence-electron chi connectivity index (χ4n) is 3.14. The fraction of sp³-hybridized carbons (Fsp3) is 0.318.